The summed E-state index contributed by atoms with van der Waals surface area (Å²) >= 11 is 0. The molecule has 1 saturated heterocycles. The van der Waals surface area contributed by atoms with Gasteiger partial charge in [-0.1, -0.05) is 6.07 Å². The van der Waals surface area contributed by atoms with Crippen molar-refractivity contribution in [3.63, 3.8) is 0 Å². The molecule has 1 aliphatic heterocycles. The summed E-state index contributed by atoms with van der Waals surface area (Å²) < 4.78 is 5.36. The second-order valence-corrected chi connectivity index (χ2v) is 4.96. The number of ether oxygens (including phenoxy) is 1. The van der Waals surface area contributed by atoms with Crippen molar-refractivity contribution in [2.24, 2.45) is 5.92 Å². The first-order valence-electron chi connectivity index (χ1n) is 6.36. The van der Waals surface area contributed by atoms with Crippen molar-refractivity contribution < 1.29 is 9.53 Å². The Morgan fingerprint density at radius 1 is 1.50 bits per heavy atom. The molecule has 1 aromatic heterocycles. The summed E-state index contributed by atoms with van der Waals surface area (Å²) in [5, 5.41) is 0. The molecule has 4 nitrogen and oxygen atoms in total. The highest BCUT2D eigenvalue weighted by Gasteiger charge is 2.24. The predicted molar refractivity (Wildman–Crippen MR) is 69.2 cm³/mol. The van der Waals surface area contributed by atoms with E-state index in [9.17, 15) is 4.79 Å². The molecular formula is C14H20N2O2. The van der Waals surface area contributed by atoms with Crippen LogP contribution in [-0.2, 0) is 16.1 Å². The Bertz CT molecular complexity index is 420. The Balaban J connectivity index is 1.88. The molecule has 0 N–H and O–H groups in total. The molecule has 0 saturated carbocycles. The standard InChI is InChI=1S/C14H20N2O2/c1-11-4-3-5-13(15-11)9-16(2)8-12-10-18-7-6-14(12)17/h3-5,12H,6-10H2,1-2H3. The zero-order chi connectivity index (χ0) is 13.0. The zero-order valence-electron chi connectivity index (χ0n) is 11.1. The first-order valence-corrected chi connectivity index (χ1v) is 6.36. The lowest BCUT2D eigenvalue weighted by atomic mass is 10.00. The van der Waals surface area contributed by atoms with Crippen LogP contribution >= 0.6 is 0 Å². The van der Waals surface area contributed by atoms with Gasteiger partial charge in [-0.25, -0.2) is 0 Å². The van der Waals surface area contributed by atoms with E-state index in [2.05, 4.69) is 9.88 Å². The van der Waals surface area contributed by atoms with Gasteiger partial charge in [0.25, 0.3) is 0 Å². The zero-order valence-corrected chi connectivity index (χ0v) is 11.1. The van der Waals surface area contributed by atoms with Gasteiger partial charge >= 0.3 is 0 Å². The average Bonchev–Trinajstić information content (AvgIpc) is 2.32. The van der Waals surface area contributed by atoms with Crippen LogP contribution in [0, 0.1) is 12.8 Å². The van der Waals surface area contributed by atoms with Crippen molar-refractivity contribution in [2.75, 3.05) is 26.8 Å². The number of aromatic nitrogens is 1. The van der Waals surface area contributed by atoms with Gasteiger partial charge in [-0.3, -0.25) is 14.7 Å². The lowest BCUT2D eigenvalue weighted by molar-refractivity contribution is -0.131. The smallest absolute Gasteiger partial charge is 0.141 e. The predicted octanol–water partition coefficient (Wildman–Crippen LogP) is 1.43. The minimum absolute atomic E-state index is 0.0218. The number of nitrogens with zero attached hydrogens (tertiary/aromatic N) is 2. The molecule has 4 heteroatoms. The van der Waals surface area contributed by atoms with E-state index < -0.39 is 0 Å². The van der Waals surface area contributed by atoms with Crippen molar-refractivity contribution in [2.45, 2.75) is 19.9 Å². The molecule has 1 aromatic rings. The van der Waals surface area contributed by atoms with Gasteiger partial charge in [0.1, 0.15) is 5.78 Å². The Morgan fingerprint density at radius 2 is 2.33 bits per heavy atom. The van der Waals surface area contributed by atoms with E-state index >= 15 is 0 Å². The topological polar surface area (TPSA) is 42.4 Å². The fourth-order valence-corrected chi connectivity index (χ4v) is 2.25. The van der Waals surface area contributed by atoms with Crippen molar-refractivity contribution in [1.29, 1.82) is 0 Å². The monoisotopic (exact) mass is 248 g/mol. The number of hydrogen-bond donors (Lipinski definition) is 0. The van der Waals surface area contributed by atoms with Gasteiger partial charge in [0.05, 0.1) is 24.8 Å². The number of aryl methyl sites for hydroxylation is 1. The summed E-state index contributed by atoms with van der Waals surface area (Å²) in [7, 11) is 2.02. The highest BCUT2D eigenvalue weighted by atomic mass is 16.5. The van der Waals surface area contributed by atoms with E-state index in [1.807, 2.05) is 32.2 Å². The molecule has 0 spiro atoms. The Hall–Kier alpha value is -1.26. The summed E-state index contributed by atoms with van der Waals surface area (Å²) in [4.78, 5) is 18.3. The van der Waals surface area contributed by atoms with Gasteiger partial charge in [0.2, 0.25) is 0 Å². The number of ketones is 1. The third-order valence-corrected chi connectivity index (χ3v) is 3.18. The van der Waals surface area contributed by atoms with Crippen molar-refractivity contribution in [1.82, 2.24) is 9.88 Å². The summed E-state index contributed by atoms with van der Waals surface area (Å²) in [6.45, 7) is 4.64. The number of rotatable bonds is 4. The lowest BCUT2D eigenvalue weighted by Gasteiger charge is -2.25. The maximum Gasteiger partial charge on any atom is 0.141 e. The molecule has 18 heavy (non-hydrogen) atoms. The van der Waals surface area contributed by atoms with Crippen molar-refractivity contribution >= 4 is 5.78 Å². The number of carbonyl (C=O) groups is 1. The van der Waals surface area contributed by atoms with Crippen LogP contribution in [-0.4, -0.2) is 42.5 Å². The van der Waals surface area contributed by atoms with Gasteiger partial charge in [0, 0.05) is 25.2 Å². The first-order chi connectivity index (χ1) is 8.65. The summed E-state index contributed by atoms with van der Waals surface area (Å²) in [6.07, 6.45) is 0.557. The third kappa shape index (κ3) is 3.62. The molecule has 0 amide bonds. The molecular weight excluding hydrogens is 228 g/mol. The largest absolute Gasteiger partial charge is 0.380 e. The number of carbonyl (C=O) groups excluding carboxylic acids is 1. The highest BCUT2D eigenvalue weighted by molar-refractivity contribution is 5.82. The highest BCUT2D eigenvalue weighted by Crippen LogP contribution is 2.12. The normalized spacial score (nSPS) is 20.4. The second kappa shape index (κ2) is 6.07. The fourth-order valence-electron chi connectivity index (χ4n) is 2.25. The summed E-state index contributed by atoms with van der Waals surface area (Å²) in [5.41, 5.74) is 2.07. The quantitative estimate of drug-likeness (QED) is 0.808. The van der Waals surface area contributed by atoms with Crippen LogP contribution in [0.15, 0.2) is 18.2 Å². The minimum Gasteiger partial charge on any atom is -0.380 e. The molecule has 0 aromatic carbocycles. The van der Waals surface area contributed by atoms with Gasteiger partial charge in [-0.05, 0) is 26.1 Å². The van der Waals surface area contributed by atoms with Gasteiger partial charge in [0.15, 0.2) is 0 Å². The molecule has 98 valence electrons. The number of Topliss-reactive ketones (excluding diaryl/α,β-unsaturated/α-hetero) is 1. The van der Waals surface area contributed by atoms with Crippen LogP contribution in [0.4, 0.5) is 0 Å². The van der Waals surface area contributed by atoms with Crippen LogP contribution in [0.1, 0.15) is 17.8 Å². The van der Waals surface area contributed by atoms with Crippen molar-refractivity contribution in [3.05, 3.63) is 29.6 Å². The van der Waals surface area contributed by atoms with Crippen LogP contribution in [0.25, 0.3) is 0 Å². The van der Waals surface area contributed by atoms with Crippen LogP contribution in [0.2, 0.25) is 0 Å². The average molecular weight is 248 g/mol. The Morgan fingerprint density at radius 3 is 3.06 bits per heavy atom. The van der Waals surface area contributed by atoms with Crippen LogP contribution < -0.4 is 0 Å². The number of pyridine rings is 1. The molecule has 2 rings (SSSR count). The maximum atomic E-state index is 11.7. The third-order valence-electron chi connectivity index (χ3n) is 3.18. The van der Waals surface area contributed by atoms with E-state index in [0.29, 0.717) is 25.4 Å². The maximum absolute atomic E-state index is 11.7. The van der Waals surface area contributed by atoms with E-state index in [1.54, 1.807) is 0 Å². The molecule has 0 aliphatic carbocycles. The SMILES string of the molecule is Cc1cccc(CN(C)CC2COCCC2=O)n1. The molecule has 1 atom stereocenters. The summed E-state index contributed by atoms with van der Waals surface area (Å²) in [6, 6.07) is 6.02. The van der Waals surface area contributed by atoms with Crippen LogP contribution in [0.5, 0.6) is 0 Å². The molecule has 0 radical (unpaired) electrons. The molecule has 1 unspecified atom stereocenters. The lowest BCUT2D eigenvalue weighted by Crippen LogP contribution is -2.36. The van der Waals surface area contributed by atoms with Gasteiger partial charge < -0.3 is 4.74 Å². The van der Waals surface area contributed by atoms with E-state index in [0.717, 1.165) is 24.5 Å². The number of hydrogen-bond acceptors (Lipinski definition) is 4. The molecule has 2 heterocycles. The van der Waals surface area contributed by atoms with E-state index in [1.165, 1.54) is 0 Å². The van der Waals surface area contributed by atoms with Crippen LogP contribution in [0.3, 0.4) is 0 Å². The fraction of sp³-hybridized carbons (Fsp3) is 0.571. The van der Waals surface area contributed by atoms with Crippen molar-refractivity contribution in [3.8, 4) is 0 Å². The Labute approximate surface area is 108 Å². The van der Waals surface area contributed by atoms with E-state index in [-0.39, 0.29) is 5.92 Å². The van der Waals surface area contributed by atoms with Gasteiger partial charge in [-0.15, -0.1) is 0 Å². The molecule has 0 bridgehead atoms. The molecule has 1 aliphatic rings. The van der Waals surface area contributed by atoms with Gasteiger partial charge in [-0.2, -0.15) is 0 Å². The Kier molecular flexibility index (Phi) is 4.44. The van der Waals surface area contributed by atoms with E-state index in [4.69, 9.17) is 4.74 Å². The summed E-state index contributed by atoms with van der Waals surface area (Å²) in [5.74, 6) is 0.346. The minimum atomic E-state index is 0.0218. The second-order valence-electron chi connectivity index (χ2n) is 4.96. The molecule has 1 fully saturated rings. The first kappa shape index (κ1) is 13.2.